The number of hydrogen-bond donors (Lipinski definition) is 4. The Bertz CT molecular complexity index is 2750. The molecule has 3 heterocycles. The van der Waals surface area contributed by atoms with E-state index < -0.39 is 35.1 Å². The fraction of sp³-hybridized carbons (Fsp3) is 0.169. The minimum Gasteiger partial charge on any atom is -0.480 e. The van der Waals surface area contributed by atoms with Crippen molar-refractivity contribution in [1.82, 2.24) is 34.7 Å². The third-order valence-electron chi connectivity index (χ3n) is 13.2. The molecule has 0 saturated carbocycles. The Morgan fingerprint density at radius 3 is 1.03 bits per heavy atom. The van der Waals surface area contributed by atoms with E-state index in [1.807, 2.05) is 140 Å². The summed E-state index contributed by atoms with van der Waals surface area (Å²) in [6.45, 7) is 0.256. The molecule has 4 N–H and O–H groups in total. The molecule has 0 fully saturated rings. The second-order valence-corrected chi connectivity index (χ2v) is 17.8. The summed E-state index contributed by atoms with van der Waals surface area (Å²) in [7, 11) is 3.84. The summed E-state index contributed by atoms with van der Waals surface area (Å²) in [5, 5.41) is 28.1. The number of rotatable bonds is 21. The molecule has 0 spiro atoms. The van der Waals surface area contributed by atoms with E-state index in [4.69, 9.17) is 4.98 Å². The van der Waals surface area contributed by atoms with Crippen molar-refractivity contribution in [2.45, 2.75) is 49.1 Å². The summed E-state index contributed by atoms with van der Waals surface area (Å²) in [5.74, 6) is -2.04. The molecule has 0 aliphatic heterocycles. The molecule has 0 bridgehead atoms. The standard InChI is InChI=1S/C59H56N8O4/c1-65(2)51-33-49(37-62-54(56(68)69)35-52-39-60-41-66(52)58(43-21-9-3-10-22-43,44-23-11-4-12-24-44)45-25-13-5-14-26-45)64-50(34-51)38-63-55(57(70)71)36-53-40-61-42-67(53)59(46-27-15-6-16-28-46,47-29-17-7-18-30-47)48-31-19-8-20-32-48/h3-34,39-42,54-55,62-63H,35-38H2,1-2H3,(H,68,69)(H,70,71)/t54-,55-/m1/s1. The van der Waals surface area contributed by atoms with E-state index in [0.717, 1.165) is 50.5 Å². The lowest BCUT2D eigenvalue weighted by molar-refractivity contribution is -0.140. The number of imidazole rings is 2. The highest BCUT2D eigenvalue weighted by molar-refractivity contribution is 5.74. The number of anilines is 1. The molecule has 0 radical (unpaired) electrons. The van der Waals surface area contributed by atoms with Gasteiger partial charge < -0.3 is 24.2 Å². The Labute approximate surface area is 414 Å². The van der Waals surface area contributed by atoms with Crippen LogP contribution in [0.25, 0.3) is 0 Å². The van der Waals surface area contributed by atoms with Crippen LogP contribution in [0.2, 0.25) is 0 Å². The van der Waals surface area contributed by atoms with Crippen LogP contribution in [0.1, 0.15) is 56.2 Å². The van der Waals surface area contributed by atoms with Gasteiger partial charge in [0.15, 0.2) is 0 Å². The van der Waals surface area contributed by atoms with Crippen molar-refractivity contribution in [1.29, 1.82) is 0 Å². The first kappa shape index (κ1) is 47.6. The first-order valence-electron chi connectivity index (χ1n) is 23.7. The second-order valence-electron chi connectivity index (χ2n) is 17.8. The largest absolute Gasteiger partial charge is 0.480 e. The van der Waals surface area contributed by atoms with Gasteiger partial charge in [-0.3, -0.25) is 25.2 Å². The number of carboxylic acid groups (broad SMARTS) is 2. The van der Waals surface area contributed by atoms with Crippen LogP contribution in [0.4, 0.5) is 5.69 Å². The number of hydrogen-bond acceptors (Lipinski definition) is 8. The summed E-state index contributed by atoms with van der Waals surface area (Å²) < 4.78 is 4.19. The molecule has 0 amide bonds. The topological polar surface area (TPSA) is 150 Å². The number of nitrogens with zero attached hydrogens (tertiary/aromatic N) is 6. The maximum absolute atomic E-state index is 13.2. The van der Waals surface area contributed by atoms with E-state index in [9.17, 15) is 19.8 Å². The van der Waals surface area contributed by atoms with Gasteiger partial charge in [0.2, 0.25) is 0 Å². The van der Waals surface area contributed by atoms with Gasteiger partial charge in [-0.2, -0.15) is 0 Å². The maximum atomic E-state index is 13.2. The molecule has 0 unspecified atom stereocenters. The highest BCUT2D eigenvalue weighted by Crippen LogP contribution is 2.43. The third-order valence-corrected chi connectivity index (χ3v) is 13.2. The second kappa shape index (κ2) is 21.5. The van der Waals surface area contributed by atoms with Gasteiger partial charge in [-0.25, -0.2) is 9.97 Å². The lowest BCUT2D eigenvalue weighted by Crippen LogP contribution is -2.42. The lowest BCUT2D eigenvalue weighted by atomic mass is 9.76. The summed E-state index contributed by atoms with van der Waals surface area (Å²) in [4.78, 5) is 42.5. The molecule has 2 atom stereocenters. The van der Waals surface area contributed by atoms with Crippen LogP contribution in [0.5, 0.6) is 0 Å². The van der Waals surface area contributed by atoms with Gasteiger partial charge in [-0.15, -0.1) is 0 Å². The van der Waals surface area contributed by atoms with Gasteiger partial charge in [-0.05, 0) is 45.5 Å². The Morgan fingerprint density at radius 1 is 0.493 bits per heavy atom. The summed E-state index contributed by atoms with van der Waals surface area (Å²) in [6.07, 6.45) is 7.28. The van der Waals surface area contributed by atoms with Gasteiger partial charge >= 0.3 is 11.9 Å². The van der Waals surface area contributed by atoms with Crippen LogP contribution in [0.3, 0.4) is 0 Å². The lowest BCUT2D eigenvalue weighted by Gasteiger charge is -2.39. The molecular formula is C59H56N8O4. The number of benzene rings is 6. The minimum atomic E-state index is -1.02. The smallest absolute Gasteiger partial charge is 0.321 e. The zero-order valence-electron chi connectivity index (χ0n) is 39.7. The zero-order valence-corrected chi connectivity index (χ0v) is 39.7. The van der Waals surface area contributed by atoms with Crippen molar-refractivity contribution in [2.75, 3.05) is 19.0 Å². The fourth-order valence-corrected chi connectivity index (χ4v) is 9.90. The fourth-order valence-electron chi connectivity index (χ4n) is 9.90. The van der Waals surface area contributed by atoms with E-state index in [1.165, 1.54) is 0 Å². The van der Waals surface area contributed by atoms with Crippen LogP contribution in [0.15, 0.2) is 219 Å². The van der Waals surface area contributed by atoms with Crippen molar-refractivity contribution < 1.29 is 19.8 Å². The van der Waals surface area contributed by atoms with E-state index in [1.54, 1.807) is 25.0 Å². The van der Waals surface area contributed by atoms with Crippen molar-refractivity contribution >= 4 is 17.6 Å². The number of pyridine rings is 1. The Balaban J connectivity index is 0.983. The van der Waals surface area contributed by atoms with Gasteiger partial charge in [0.1, 0.15) is 23.2 Å². The number of carboxylic acids is 2. The highest BCUT2D eigenvalue weighted by atomic mass is 16.4. The van der Waals surface area contributed by atoms with Gasteiger partial charge in [-0.1, -0.05) is 182 Å². The predicted octanol–water partition coefficient (Wildman–Crippen LogP) is 8.79. The molecule has 6 aromatic carbocycles. The van der Waals surface area contributed by atoms with Crippen LogP contribution in [0, 0.1) is 0 Å². The van der Waals surface area contributed by atoms with Crippen molar-refractivity contribution in [2.24, 2.45) is 0 Å². The summed E-state index contributed by atoms with van der Waals surface area (Å²) >= 11 is 0. The number of carbonyl (C=O) groups is 2. The molecular weight excluding hydrogens is 885 g/mol. The normalized spacial score (nSPS) is 12.5. The average molecular weight is 941 g/mol. The molecule has 356 valence electrons. The minimum absolute atomic E-state index is 0.113. The van der Waals surface area contributed by atoms with E-state index >= 15 is 0 Å². The van der Waals surface area contributed by atoms with Crippen molar-refractivity contribution in [3.05, 3.63) is 275 Å². The van der Waals surface area contributed by atoms with Crippen molar-refractivity contribution in [3.63, 3.8) is 0 Å². The van der Waals surface area contributed by atoms with E-state index in [-0.39, 0.29) is 25.9 Å². The van der Waals surface area contributed by atoms with Crippen molar-refractivity contribution in [3.8, 4) is 0 Å². The molecule has 12 heteroatoms. The average Bonchev–Trinajstić information content (AvgIpc) is 4.09. The first-order valence-corrected chi connectivity index (χ1v) is 23.7. The van der Waals surface area contributed by atoms with Gasteiger partial charge in [0.25, 0.3) is 0 Å². The summed E-state index contributed by atoms with van der Waals surface area (Å²) in [5.41, 5.74) is 7.72. The Hall–Kier alpha value is -8.45. The maximum Gasteiger partial charge on any atom is 0.321 e. The van der Waals surface area contributed by atoms with Crippen LogP contribution in [-0.2, 0) is 46.6 Å². The number of aromatic nitrogens is 5. The number of nitrogens with one attached hydrogen (secondary N) is 2. The Morgan fingerprint density at radius 2 is 0.775 bits per heavy atom. The molecule has 9 rings (SSSR count). The molecule has 0 aliphatic rings. The van der Waals surface area contributed by atoms with Crippen LogP contribution in [-0.4, -0.2) is 72.4 Å². The Kier molecular flexibility index (Phi) is 14.4. The predicted molar refractivity (Wildman–Crippen MR) is 276 cm³/mol. The third kappa shape index (κ3) is 9.76. The van der Waals surface area contributed by atoms with E-state index in [0.29, 0.717) is 11.4 Å². The SMILES string of the molecule is CN(C)c1cc(CN[C@H](Cc2cncn2C(c2ccccc2)(c2ccccc2)c2ccccc2)C(=O)O)nc(CN[C@H](Cc2cncn2C(c2ccccc2)(c2ccccc2)c2ccccc2)C(=O)O)c1. The first-order chi connectivity index (χ1) is 34.7. The quantitative estimate of drug-likeness (QED) is 0.0515. The van der Waals surface area contributed by atoms with Crippen LogP contribution < -0.4 is 15.5 Å². The highest BCUT2D eigenvalue weighted by Gasteiger charge is 2.41. The molecule has 9 aromatic rings. The molecule has 0 aliphatic carbocycles. The van der Waals surface area contributed by atoms with E-state index in [2.05, 4.69) is 103 Å². The monoisotopic (exact) mass is 940 g/mol. The zero-order chi connectivity index (χ0) is 49.2. The van der Waals surface area contributed by atoms with Gasteiger partial charge in [0.05, 0.1) is 24.0 Å². The summed E-state index contributed by atoms with van der Waals surface area (Å²) in [6, 6.07) is 63.0. The molecule has 3 aromatic heterocycles. The molecule has 12 nitrogen and oxygen atoms in total. The molecule has 0 saturated heterocycles. The van der Waals surface area contributed by atoms with Crippen LogP contribution >= 0.6 is 0 Å². The molecule has 71 heavy (non-hydrogen) atoms. The number of aliphatic carboxylic acids is 2. The van der Waals surface area contributed by atoms with Gasteiger partial charge in [0, 0.05) is 69.5 Å².